The van der Waals surface area contributed by atoms with Crippen LogP contribution in [0.1, 0.15) is 35.6 Å². The smallest absolute Gasteiger partial charge is 0.127 e. The summed E-state index contributed by atoms with van der Waals surface area (Å²) in [5.74, 6) is 0.912. The average Bonchev–Trinajstić information content (AvgIpc) is 2.81. The van der Waals surface area contributed by atoms with Crippen LogP contribution in [0, 0.1) is 0 Å². The summed E-state index contributed by atoms with van der Waals surface area (Å²) in [6.45, 7) is 2.82. The van der Waals surface area contributed by atoms with Crippen LogP contribution in [0.5, 0.6) is 5.75 Å². The van der Waals surface area contributed by atoms with Gasteiger partial charge in [-0.1, -0.05) is 49.4 Å². The van der Waals surface area contributed by atoms with Gasteiger partial charge in [-0.3, -0.25) is 9.97 Å². The maximum absolute atomic E-state index is 6.03. The van der Waals surface area contributed by atoms with E-state index in [4.69, 9.17) is 4.74 Å². The highest BCUT2D eigenvalue weighted by Crippen LogP contribution is 2.31. The van der Waals surface area contributed by atoms with Crippen molar-refractivity contribution in [1.82, 2.24) is 9.97 Å². The lowest BCUT2D eigenvalue weighted by Crippen LogP contribution is -1.97. The van der Waals surface area contributed by atoms with Gasteiger partial charge in [-0.05, 0) is 70.3 Å². The lowest BCUT2D eigenvalue weighted by molar-refractivity contribution is 0.317. The zero-order valence-corrected chi connectivity index (χ0v) is 17.0. The molecule has 0 aliphatic carbocycles. The second kappa shape index (κ2) is 9.66. The van der Waals surface area contributed by atoms with Crippen molar-refractivity contribution in [2.45, 2.75) is 13.3 Å². The molecule has 0 radical (unpaired) electrons. The Bertz CT molecular complexity index is 1170. The molecule has 2 aromatic carbocycles. The Hall–Kier alpha value is -3.72. The Kier molecular flexibility index (Phi) is 6.31. The number of ether oxygens (including phenoxy) is 1. The third kappa shape index (κ3) is 4.81. The number of pyridine rings is 2. The highest BCUT2D eigenvalue weighted by Gasteiger charge is 2.07. The van der Waals surface area contributed by atoms with Crippen molar-refractivity contribution in [3.63, 3.8) is 0 Å². The van der Waals surface area contributed by atoms with Crippen LogP contribution in [0.25, 0.3) is 35.1 Å². The minimum absolute atomic E-state index is 0.703. The second-order valence-electron chi connectivity index (χ2n) is 7.03. The van der Waals surface area contributed by atoms with Crippen molar-refractivity contribution in [2.75, 3.05) is 6.61 Å². The van der Waals surface area contributed by atoms with Gasteiger partial charge in [0.25, 0.3) is 0 Å². The summed E-state index contributed by atoms with van der Waals surface area (Å²) < 4.78 is 6.03. The van der Waals surface area contributed by atoms with Crippen LogP contribution in [-0.2, 0) is 0 Å². The molecular weight excluding hydrogens is 368 g/mol. The van der Waals surface area contributed by atoms with Crippen molar-refractivity contribution in [3.05, 3.63) is 102 Å². The molecule has 3 heteroatoms. The van der Waals surface area contributed by atoms with Gasteiger partial charge in [-0.15, -0.1) is 0 Å². The van der Waals surface area contributed by atoms with E-state index in [0.717, 1.165) is 34.4 Å². The average molecular weight is 393 g/mol. The number of fused-ring (bicyclic) bond motifs is 1. The van der Waals surface area contributed by atoms with Gasteiger partial charge in [-0.2, -0.15) is 0 Å². The quantitative estimate of drug-likeness (QED) is 0.348. The number of aromatic nitrogens is 2. The Morgan fingerprint density at radius 3 is 2.00 bits per heavy atom. The molecule has 0 aliphatic rings. The van der Waals surface area contributed by atoms with Crippen LogP contribution >= 0.6 is 0 Å². The Labute approximate surface area is 177 Å². The van der Waals surface area contributed by atoms with E-state index in [1.165, 1.54) is 10.8 Å². The van der Waals surface area contributed by atoms with E-state index in [1.54, 1.807) is 24.8 Å². The fourth-order valence-corrected chi connectivity index (χ4v) is 3.29. The molecule has 0 N–H and O–H groups in total. The SMILES string of the molecule is CCCOc1ccc2cc(/C=C/c3ccncc3)ccc2c1/C=C/c1ccncc1. The van der Waals surface area contributed by atoms with Crippen LogP contribution in [0.3, 0.4) is 0 Å². The zero-order chi connectivity index (χ0) is 20.6. The molecule has 0 amide bonds. The maximum atomic E-state index is 6.03. The summed E-state index contributed by atoms with van der Waals surface area (Å²) in [6.07, 6.45) is 16.7. The van der Waals surface area contributed by atoms with E-state index in [1.807, 2.05) is 24.3 Å². The molecule has 2 aromatic heterocycles. The summed E-state index contributed by atoms with van der Waals surface area (Å²) in [5, 5.41) is 2.36. The molecule has 0 bridgehead atoms. The van der Waals surface area contributed by atoms with E-state index in [-0.39, 0.29) is 0 Å². The molecular formula is C27H24N2O. The first-order valence-corrected chi connectivity index (χ1v) is 10.2. The summed E-state index contributed by atoms with van der Waals surface area (Å²) in [4.78, 5) is 8.15. The molecule has 148 valence electrons. The number of hydrogen-bond acceptors (Lipinski definition) is 3. The predicted molar refractivity (Wildman–Crippen MR) is 126 cm³/mol. The summed E-state index contributed by atoms with van der Waals surface area (Å²) in [5.41, 5.74) is 4.50. The zero-order valence-electron chi connectivity index (χ0n) is 17.0. The molecule has 3 nitrogen and oxygen atoms in total. The van der Waals surface area contributed by atoms with Crippen LogP contribution < -0.4 is 4.74 Å². The normalized spacial score (nSPS) is 11.5. The van der Waals surface area contributed by atoms with E-state index in [0.29, 0.717) is 6.61 Å². The first-order valence-electron chi connectivity index (χ1n) is 10.2. The van der Waals surface area contributed by atoms with Gasteiger partial charge in [0.1, 0.15) is 5.75 Å². The second-order valence-corrected chi connectivity index (χ2v) is 7.03. The number of hydrogen-bond donors (Lipinski definition) is 0. The van der Waals surface area contributed by atoms with Gasteiger partial charge in [0.2, 0.25) is 0 Å². The van der Waals surface area contributed by atoms with Crippen molar-refractivity contribution in [1.29, 1.82) is 0 Å². The van der Waals surface area contributed by atoms with Crippen molar-refractivity contribution in [2.24, 2.45) is 0 Å². The molecule has 0 aliphatic heterocycles. The van der Waals surface area contributed by atoms with Gasteiger partial charge in [0, 0.05) is 30.4 Å². The van der Waals surface area contributed by atoms with E-state index >= 15 is 0 Å². The fraction of sp³-hybridized carbons (Fsp3) is 0.111. The summed E-state index contributed by atoms with van der Waals surface area (Å²) >= 11 is 0. The Morgan fingerprint density at radius 1 is 0.700 bits per heavy atom. The summed E-state index contributed by atoms with van der Waals surface area (Å²) in [7, 11) is 0. The largest absolute Gasteiger partial charge is 0.493 e. The van der Waals surface area contributed by atoms with Gasteiger partial charge in [0.05, 0.1) is 6.61 Å². The number of nitrogens with zero attached hydrogens (tertiary/aromatic N) is 2. The third-order valence-electron chi connectivity index (χ3n) is 4.83. The van der Waals surface area contributed by atoms with Crippen molar-refractivity contribution < 1.29 is 4.74 Å². The minimum atomic E-state index is 0.703. The highest BCUT2D eigenvalue weighted by molar-refractivity contribution is 5.96. The van der Waals surface area contributed by atoms with Gasteiger partial charge < -0.3 is 4.74 Å². The third-order valence-corrected chi connectivity index (χ3v) is 4.83. The summed E-state index contributed by atoms with van der Waals surface area (Å²) in [6, 6.07) is 18.7. The van der Waals surface area contributed by atoms with Crippen LogP contribution in [-0.4, -0.2) is 16.6 Å². The Balaban J connectivity index is 1.71. The standard InChI is InChI=1S/C27H24N2O/c1-2-19-30-27-10-7-24-20-23(4-3-21-11-15-28-16-12-21)6-8-25(24)26(27)9-5-22-13-17-29-18-14-22/h3-18,20H,2,19H2,1H3/b4-3+,9-5+. The van der Waals surface area contributed by atoms with Crippen LogP contribution in [0.2, 0.25) is 0 Å². The van der Waals surface area contributed by atoms with Crippen molar-refractivity contribution >= 4 is 35.1 Å². The lowest BCUT2D eigenvalue weighted by Gasteiger charge is -2.12. The molecule has 0 atom stereocenters. The molecule has 0 fully saturated rings. The molecule has 0 spiro atoms. The number of rotatable bonds is 7. The van der Waals surface area contributed by atoms with Crippen molar-refractivity contribution in [3.8, 4) is 5.75 Å². The van der Waals surface area contributed by atoms with Gasteiger partial charge >= 0.3 is 0 Å². The first kappa shape index (κ1) is 19.6. The molecule has 30 heavy (non-hydrogen) atoms. The molecule has 0 unspecified atom stereocenters. The van der Waals surface area contributed by atoms with Crippen LogP contribution in [0.15, 0.2) is 79.4 Å². The van der Waals surface area contributed by atoms with Crippen LogP contribution in [0.4, 0.5) is 0 Å². The molecule has 4 aromatic rings. The molecule has 4 rings (SSSR count). The first-order chi connectivity index (χ1) is 14.8. The molecule has 2 heterocycles. The van der Waals surface area contributed by atoms with Gasteiger partial charge in [0.15, 0.2) is 0 Å². The maximum Gasteiger partial charge on any atom is 0.127 e. The molecule has 0 saturated heterocycles. The molecule has 0 saturated carbocycles. The minimum Gasteiger partial charge on any atom is -0.493 e. The highest BCUT2D eigenvalue weighted by atomic mass is 16.5. The van der Waals surface area contributed by atoms with E-state index in [9.17, 15) is 0 Å². The lowest BCUT2D eigenvalue weighted by atomic mass is 9.99. The van der Waals surface area contributed by atoms with Gasteiger partial charge in [-0.25, -0.2) is 0 Å². The fourth-order valence-electron chi connectivity index (χ4n) is 3.29. The monoisotopic (exact) mass is 392 g/mol. The predicted octanol–water partition coefficient (Wildman–Crippen LogP) is 6.76. The topological polar surface area (TPSA) is 35.0 Å². The number of benzene rings is 2. The van der Waals surface area contributed by atoms with E-state index < -0.39 is 0 Å². The Morgan fingerprint density at radius 2 is 1.33 bits per heavy atom. The van der Waals surface area contributed by atoms with E-state index in [2.05, 4.69) is 71.5 Å².